The lowest BCUT2D eigenvalue weighted by molar-refractivity contribution is -0.0231. The lowest BCUT2D eigenvalue weighted by atomic mass is 10.1. The number of nitrogens with zero attached hydrogens (tertiary/aromatic N) is 3. The predicted octanol–water partition coefficient (Wildman–Crippen LogP) is 3.44. The van der Waals surface area contributed by atoms with Gasteiger partial charge in [0.1, 0.15) is 17.6 Å². The molecule has 1 atom stereocenters. The van der Waals surface area contributed by atoms with Crippen LogP contribution in [-0.4, -0.2) is 40.3 Å². The van der Waals surface area contributed by atoms with Crippen LogP contribution in [0.5, 0.6) is 0 Å². The zero-order valence-corrected chi connectivity index (χ0v) is 15.0. The minimum absolute atomic E-state index is 0.0809. The predicted molar refractivity (Wildman–Crippen MR) is 99.6 cm³/mol. The van der Waals surface area contributed by atoms with Crippen molar-refractivity contribution < 1.29 is 13.9 Å². The molecule has 5 nitrogen and oxygen atoms in total. The van der Waals surface area contributed by atoms with E-state index in [-0.39, 0.29) is 17.8 Å². The van der Waals surface area contributed by atoms with Crippen LogP contribution in [0.3, 0.4) is 0 Å². The number of amides is 1. The second-order valence-electron chi connectivity index (χ2n) is 6.57. The van der Waals surface area contributed by atoms with Crippen LogP contribution in [0.4, 0.5) is 4.39 Å². The number of rotatable bonds is 3. The number of aromatic nitrogens is 2. The highest BCUT2D eigenvalue weighted by atomic mass is 19.1. The number of hydrogen-bond donors (Lipinski definition) is 0. The topological polar surface area (TPSA) is 47.4 Å². The molecule has 138 valence electrons. The van der Waals surface area contributed by atoms with Crippen molar-refractivity contribution in [3.63, 3.8) is 0 Å². The molecule has 2 heterocycles. The quantitative estimate of drug-likeness (QED) is 0.714. The number of aryl methyl sites for hydroxylation is 1. The molecule has 1 amide bonds. The van der Waals surface area contributed by atoms with Gasteiger partial charge in [0.15, 0.2) is 0 Å². The number of ether oxygens (including phenoxy) is 1. The van der Waals surface area contributed by atoms with E-state index in [1.165, 1.54) is 12.1 Å². The summed E-state index contributed by atoms with van der Waals surface area (Å²) in [6, 6.07) is 17.8. The summed E-state index contributed by atoms with van der Waals surface area (Å²) in [5, 5.41) is 4.42. The first-order valence-electron chi connectivity index (χ1n) is 8.87. The molecule has 1 saturated heterocycles. The van der Waals surface area contributed by atoms with Gasteiger partial charge in [0, 0.05) is 19.2 Å². The van der Waals surface area contributed by atoms with Gasteiger partial charge in [-0.05, 0) is 35.9 Å². The standard InChI is InChI=1S/C21H20FN3O2/c1-24-19(13-18(23-24)15-7-9-17(22)10-8-15)21(26)25-11-12-27-20(14-25)16-5-3-2-4-6-16/h2-10,13,20H,11-12,14H2,1H3/t20-/m1/s1. The van der Waals surface area contributed by atoms with Crippen LogP contribution in [0.25, 0.3) is 11.3 Å². The summed E-state index contributed by atoms with van der Waals surface area (Å²) in [6.07, 6.45) is -0.131. The van der Waals surface area contributed by atoms with Crippen molar-refractivity contribution in [2.75, 3.05) is 19.7 Å². The Labute approximate surface area is 157 Å². The number of benzene rings is 2. The SMILES string of the molecule is Cn1nc(-c2ccc(F)cc2)cc1C(=O)N1CCO[C@@H](c2ccccc2)C1. The molecule has 0 saturated carbocycles. The number of carbonyl (C=O) groups is 1. The van der Waals surface area contributed by atoms with Gasteiger partial charge in [0.25, 0.3) is 5.91 Å². The van der Waals surface area contributed by atoms with Crippen molar-refractivity contribution in [3.8, 4) is 11.3 Å². The van der Waals surface area contributed by atoms with E-state index in [9.17, 15) is 9.18 Å². The third-order valence-electron chi connectivity index (χ3n) is 4.76. The van der Waals surface area contributed by atoms with E-state index in [4.69, 9.17) is 4.74 Å². The molecule has 0 radical (unpaired) electrons. The summed E-state index contributed by atoms with van der Waals surface area (Å²) in [7, 11) is 1.75. The summed E-state index contributed by atoms with van der Waals surface area (Å²) in [5.74, 6) is -0.381. The molecule has 0 bridgehead atoms. The Bertz CT molecular complexity index is 938. The second-order valence-corrected chi connectivity index (χ2v) is 6.57. The van der Waals surface area contributed by atoms with Crippen LogP contribution in [-0.2, 0) is 11.8 Å². The van der Waals surface area contributed by atoms with E-state index in [0.717, 1.165) is 11.1 Å². The first kappa shape index (κ1) is 17.4. The summed E-state index contributed by atoms with van der Waals surface area (Å²) >= 11 is 0. The van der Waals surface area contributed by atoms with E-state index in [1.807, 2.05) is 30.3 Å². The Morgan fingerprint density at radius 2 is 1.89 bits per heavy atom. The lowest BCUT2D eigenvalue weighted by Gasteiger charge is -2.33. The van der Waals surface area contributed by atoms with Crippen molar-refractivity contribution in [1.29, 1.82) is 0 Å². The van der Waals surface area contributed by atoms with Crippen LogP contribution in [0.2, 0.25) is 0 Å². The fourth-order valence-electron chi connectivity index (χ4n) is 3.29. The zero-order chi connectivity index (χ0) is 18.8. The largest absolute Gasteiger partial charge is 0.370 e. The van der Waals surface area contributed by atoms with Crippen molar-refractivity contribution in [2.45, 2.75) is 6.10 Å². The number of hydrogen-bond acceptors (Lipinski definition) is 3. The second kappa shape index (κ2) is 7.32. The molecule has 27 heavy (non-hydrogen) atoms. The van der Waals surface area contributed by atoms with Gasteiger partial charge in [0.2, 0.25) is 0 Å². The fourth-order valence-corrected chi connectivity index (χ4v) is 3.29. The minimum Gasteiger partial charge on any atom is -0.370 e. The van der Waals surface area contributed by atoms with E-state index in [1.54, 1.807) is 34.8 Å². The van der Waals surface area contributed by atoms with Crippen LogP contribution < -0.4 is 0 Å². The molecule has 0 N–H and O–H groups in total. The van der Waals surface area contributed by atoms with Gasteiger partial charge in [-0.15, -0.1) is 0 Å². The normalized spacial score (nSPS) is 17.1. The Hall–Kier alpha value is -2.99. The van der Waals surface area contributed by atoms with Gasteiger partial charge in [-0.3, -0.25) is 9.48 Å². The van der Waals surface area contributed by atoms with Gasteiger partial charge in [-0.2, -0.15) is 5.10 Å². The third kappa shape index (κ3) is 3.61. The molecular formula is C21H20FN3O2. The van der Waals surface area contributed by atoms with Gasteiger partial charge in [0.05, 0.1) is 18.8 Å². The van der Waals surface area contributed by atoms with Gasteiger partial charge >= 0.3 is 0 Å². The maximum Gasteiger partial charge on any atom is 0.272 e. The minimum atomic E-state index is -0.300. The highest BCUT2D eigenvalue weighted by Gasteiger charge is 2.28. The molecule has 1 aliphatic heterocycles. The van der Waals surface area contributed by atoms with Gasteiger partial charge in [-0.25, -0.2) is 4.39 Å². The summed E-state index contributed by atoms with van der Waals surface area (Å²) in [4.78, 5) is 14.8. The molecule has 0 unspecified atom stereocenters. The monoisotopic (exact) mass is 365 g/mol. The van der Waals surface area contributed by atoms with Crippen molar-refractivity contribution in [2.24, 2.45) is 7.05 Å². The summed E-state index contributed by atoms with van der Waals surface area (Å²) in [5.41, 5.74) is 2.99. The molecule has 2 aromatic carbocycles. The van der Waals surface area contributed by atoms with Crippen molar-refractivity contribution in [1.82, 2.24) is 14.7 Å². The molecular weight excluding hydrogens is 345 g/mol. The third-order valence-corrected chi connectivity index (χ3v) is 4.76. The van der Waals surface area contributed by atoms with Gasteiger partial charge < -0.3 is 9.64 Å². The van der Waals surface area contributed by atoms with Crippen LogP contribution in [0.1, 0.15) is 22.2 Å². The van der Waals surface area contributed by atoms with E-state index in [0.29, 0.717) is 31.1 Å². The molecule has 3 aromatic rings. The average molecular weight is 365 g/mol. The Morgan fingerprint density at radius 1 is 1.15 bits per heavy atom. The number of morpholine rings is 1. The smallest absolute Gasteiger partial charge is 0.272 e. The first-order valence-corrected chi connectivity index (χ1v) is 8.87. The van der Waals surface area contributed by atoms with E-state index >= 15 is 0 Å². The Kier molecular flexibility index (Phi) is 4.73. The summed E-state index contributed by atoms with van der Waals surface area (Å²) < 4.78 is 20.6. The molecule has 1 aromatic heterocycles. The molecule has 6 heteroatoms. The van der Waals surface area contributed by atoms with E-state index in [2.05, 4.69) is 5.10 Å². The van der Waals surface area contributed by atoms with Gasteiger partial charge in [-0.1, -0.05) is 30.3 Å². The van der Waals surface area contributed by atoms with E-state index < -0.39 is 0 Å². The molecule has 1 aliphatic rings. The molecule has 0 spiro atoms. The maximum absolute atomic E-state index is 13.1. The number of carbonyl (C=O) groups excluding carboxylic acids is 1. The van der Waals surface area contributed by atoms with Crippen LogP contribution >= 0.6 is 0 Å². The highest BCUT2D eigenvalue weighted by molar-refractivity contribution is 5.93. The van der Waals surface area contributed by atoms with Crippen LogP contribution in [0.15, 0.2) is 60.7 Å². The molecule has 4 rings (SSSR count). The average Bonchev–Trinajstić information content (AvgIpc) is 3.10. The Morgan fingerprint density at radius 3 is 2.63 bits per heavy atom. The number of halogens is 1. The maximum atomic E-state index is 13.1. The van der Waals surface area contributed by atoms with Crippen molar-refractivity contribution in [3.05, 3.63) is 77.7 Å². The lowest BCUT2D eigenvalue weighted by Crippen LogP contribution is -2.42. The van der Waals surface area contributed by atoms with Crippen molar-refractivity contribution >= 4 is 5.91 Å². The summed E-state index contributed by atoms with van der Waals surface area (Å²) in [6.45, 7) is 1.53. The molecule has 1 fully saturated rings. The van der Waals surface area contributed by atoms with Crippen LogP contribution in [0, 0.1) is 5.82 Å². The first-order chi connectivity index (χ1) is 13.1. The fraction of sp³-hybridized carbons (Fsp3) is 0.238. The highest BCUT2D eigenvalue weighted by Crippen LogP contribution is 2.24. The zero-order valence-electron chi connectivity index (χ0n) is 15.0. The molecule has 0 aliphatic carbocycles. The Balaban J connectivity index is 1.55.